The van der Waals surface area contributed by atoms with E-state index in [1.165, 1.54) is 0 Å². The van der Waals surface area contributed by atoms with E-state index in [0.717, 1.165) is 0 Å². The number of rotatable bonds is 2. The first-order chi connectivity index (χ1) is 7.53. The van der Waals surface area contributed by atoms with Crippen LogP contribution in [-0.4, -0.2) is 13.3 Å². The zero-order chi connectivity index (χ0) is 13.4. The number of nitro groups is 1. The second-order valence-corrected chi connectivity index (χ2v) is 5.44. The molecule has 0 aliphatic heterocycles. The number of halogens is 4. The van der Waals surface area contributed by atoms with E-state index in [0.29, 0.717) is 12.1 Å². The molecule has 0 saturated carbocycles. The molecule has 0 spiro atoms. The molecule has 0 aromatic heterocycles. The van der Waals surface area contributed by atoms with Crippen LogP contribution in [-0.2, 0) is 15.2 Å². The van der Waals surface area contributed by atoms with Gasteiger partial charge in [-0.3, -0.25) is 10.1 Å². The zero-order valence-corrected chi connectivity index (χ0v) is 9.30. The largest absolute Gasteiger partial charge is 0.423 e. The molecule has 17 heavy (non-hydrogen) atoms. The fraction of sp³-hybridized carbons (Fsp3) is 0.143. The Kier molecular flexibility index (Phi) is 3.35. The van der Waals surface area contributed by atoms with Crippen LogP contribution in [0.1, 0.15) is 5.56 Å². The van der Waals surface area contributed by atoms with Gasteiger partial charge in [-0.05, 0) is 12.1 Å². The molecular weight excluding hydrogens is 287 g/mol. The van der Waals surface area contributed by atoms with E-state index in [-0.39, 0.29) is 6.07 Å². The van der Waals surface area contributed by atoms with Crippen LogP contribution in [0.3, 0.4) is 0 Å². The zero-order valence-electron chi connectivity index (χ0n) is 7.73. The molecule has 0 bridgehead atoms. The van der Waals surface area contributed by atoms with Crippen molar-refractivity contribution in [1.82, 2.24) is 0 Å². The molecule has 0 aliphatic carbocycles. The second kappa shape index (κ2) is 4.15. The maximum atomic E-state index is 12.4. The first-order valence-electron chi connectivity index (χ1n) is 3.84. The van der Waals surface area contributed by atoms with Crippen molar-refractivity contribution < 1.29 is 26.5 Å². The average molecular weight is 290 g/mol. The summed E-state index contributed by atoms with van der Waals surface area (Å²) in [7, 11) is 0.469. The summed E-state index contributed by atoms with van der Waals surface area (Å²) in [6, 6.07) is 1.20. The number of nitro benzene ring substituents is 1. The van der Waals surface area contributed by atoms with Gasteiger partial charge in [0.05, 0.1) is 9.82 Å². The van der Waals surface area contributed by atoms with Crippen molar-refractivity contribution in [2.24, 2.45) is 0 Å². The smallest absolute Gasteiger partial charge is 0.258 e. The molecule has 0 saturated heterocycles. The molecule has 94 valence electrons. The third-order valence-corrected chi connectivity index (χ3v) is 3.10. The summed E-state index contributed by atoms with van der Waals surface area (Å²) in [4.78, 5) is 8.25. The third-order valence-electron chi connectivity index (χ3n) is 1.75. The maximum absolute atomic E-state index is 12.4. The van der Waals surface area contributed by atoms with Gasteiger partial charge in [-0.15, -0.1) is 0 Å². The van der Waals surface area contributed by atoms with Gasteiger partial charge >= 0.3 is 6.18 Å². The SMILES string of the molecule is O=[N+]([O-])c1ccc(S(=O)(=O)Cl)cc1C(F)(F)F. The highest BCUT2D eigenvalue weighted by atomic mass is 35.7. The molecular formula is C7H3ClF3NO4S. The Balaban J connectivity index is 3.57. The lowest BCUT2D eigenvalue weighted by molar-refractivity contribution is -0.388. The second-order valence-electron chi connectivity index (χ2n) is 2.87. The summed E-state index contributed by atoms with van der Waals surface area (Å²) in [5.41, 5.74) is -2.90. The highest BCUT2D eigenvalue weighted by Crippen LogP contribution is 2.37. The van der Waals surface area contributed by atoms with Gasteiger partial charge in [0.15, 0.2) is 0 Å². The van der Waals surface area contributed by atoms with Crippen LogP contribution >= 0.6 is 10.7 Å². The molecule has 1 aromatic carbocycles. The Hall–Kier alpha value is -1.35. The van der Waals surface area contributed by atoms with Gasteiger partial charge in [-0.25, -0.2) is 8.42 Å². The van der Waals surface area contributed by atoms with Crippen LogP contribution in [0.2, 0.25) is 0 Å². The number of alkyl halides is 3. The molecule has 0 radical (unpaired) electrons. The first-order valence-corrected chi connectivity index (χ1v) is 6.14. The average Bonchev–Trinajstić information content (AvgIpc) is 2.14. The summed E-state index contributed by atoms with van der Waals surface area (Å²) in [6.45, 7) is 0. The minimum atomic E-state index is -5.04. The van der Waals surface area contributed by atoms with Crippen LogP contribution in [0, 0.1) is 10.1 Å². The standard InChI is InChI=1S/C7H3ClF3NO4S/c8-17(15,16)4-1-2-6(12(13)14)5(3-4)7(9,10)11/h1-3H. The van der Waals surface area contributed by atoms with E-state index in [1.54, 1.807) is 0 Å². The van der Waals surface area contributed by atoms with E-state index in [2.05, 4.69) is 0 Å². The Morgan fingerprint density at radius 3 is 2.18 bits per heavy atom. The monoisotopic (exact) mass is 289 g/mol. The molecule has 10 heteroatoms. The highest BCUT2D eigenvalue weighted by molar-refractivity contribution is 8.13. The van der Waals surface area contributed by atoms with Gasteiger partial charge < -0.3 is 0 Å². The summed E-state index contributed by atoms with van der Waals surface area (Å²) in [5.74, 6) is 0. The number of nitrogens with zero attached hydrogens (tertiary/aromatic N) is 1. The number of hydrogen-bond donors (Lipinski definition) is 0. The molecule has 1 aromatic rings. The predicted octanol–water partition coefficient (Wildman–Crippen LogP) is 2.54. The fourth-order valence-electron chi connectivity index (χ4n) is 1.05. The van der Waals surface area contributed by atoms with E-state index in [9.17, 15) is 31.7 Å². The molecule has 0 heterocycles. The summed E-state index contributed by atoms with van der Waals surface area (Å²) in [5, 5.41) is 10.4. The quantitative estimate of drug-likeness (QED) is 0.476. The highest BCUT2D eigenvalue weighted by Gasteiger charge is 2.39. The molecule has 0 fully saturated rings. The van der Waals surface area contributed by atoms with Gasteiger partial charge in [-0.2, -0.15) is 13.2 Å². The van der Waals surface area contributed by atoms with E-state index in [1.807, 2.05) is 0 Å². The molecule has 0 aliphatic rings. The van der Waals surface area contributed by atoms with Gasteiger partial charge in [0.1, 0.15) is 5.56 Å². The first kappa shape index (κ1) is 13.7. The fourth-order valence-corrected chi connectivity index (χ4v) is 1.83. The third kappa shape index (κ3) is 3.07. The lowest BCUT2D eigenvalue weighted by Gasteiger charge is -2.08. The van der Waals surface area contributed by atoms with Crippen molar-refractivity contribution in [1.29, 1.82) is 0 Å². The lowest BCUT2D eigenvalue weighted by Crippen LogP contribution is -2.10. The Morgan fingerprint density at radius 1 is 1.29 bits per heavy atom. The predicted molar refractivity (Wildman–Crippen MR) is 51.1 cm³/mol. The van der Waals surface area contributed by atoms with Crippen LogP contribution in [0.15, 0.2) is 23.1 Å². The van der Waals surface area contributed by atoms with Crippen LogP contribution in [0.5, 0.6) is 0 Å². The maximum Gasteiger partial charge on any atom is 0.423 e. The van der Waals surface area contributed by atoms with Crippen molar-refractivity contribution in [3.8, 4) is 0 Å². The number of hydrogen-bond acceptors (Lipinski definition) is 4. The molecule has 0 N–H and O–H groups in total. The van der Waals surface area contributed by atoms with Crippen molar-refractivity contribution >= 4 is 25.4 Å². The van der Waals surface area contributed by atoms with Crippen molar-refractivity contribution in [3.05, 3.63) is 33.9 Å². The van der Waals surface area contributed by atoms with E-state index >= 15 is 0 Å². The molecule has 0 unspecified atom stereocenters. The normalized spacial score (nSPS) is 12.5. The number of benzene rings is 1. The summed E-state index contributed by atoms with van der Waals surface area (Å²) in [6.07, 6.45) is -5.04. The topological polar surface area (TPSA) is 77.3 Å². The van der Waals surface area contributed by atoms with E-state index in [4.69, 9.17) is 10.7 Å². The Labute approximate surface area is 97.4 Å². The summed E-state index contributed by atoms with van der Waals surface area (Å²) >= 11 is 0. The van der Waals surface area contributed by atoms with Gasteiger partial charge in [0.25, 0.3) is 14.7 Å². The molecule has 5 nitrogen and oxygen atoms in total. The van der Waals surface area contributed by atoms with Crippen LogP contribution in [0.25, 0.3) is 0 Å². The van der Waals surface area contributed by atoms with Crippen molar-refractivity contribution in [2.75, 3.05) is 0 Å². The van der Waals surface area contributed by atoms with Gasteiger partial charge in [-0.1, -0.05) is 0 Å². The van der Waals surface area contributed by atoms with Crippen molar-refractivity contribution in [3.63, 3.8) is 0 Å². The Morgan fingerprint density at radius 2 is 1.82 bits per heavy atom. The van der Waals surface area contributed by atoms with Crippen LogP contribution < -0.4 is 0 Å². The molecule has 0 atom stereocenters. The minimum absolute atomic E-state index is 0.125. The van der Waals surface area contributed by atoms with E-state index < -0.39 is 36.3 Å². The summed E-state index contributed by atoms with van der Waals surface area (Å²) < 4.78 is 58.9. The molecule has 0 amide bonds. The Bertz CT molecular complexity index is 569. The lowest BCUT2D eigenvalue weighted by atomic mass is 10.2. The minimum Gasteiger partial charge on any atom is -0.258 e. The van der Waals surface area contributed by atoms with Gasteiger partial charge in [0.2, 0.25) is 0 Å². The van der Waals surface area contributed by atoms with Crippen molar-refractivity contribution in [2.45, 2.75) is 11.1 Å². The molecule has 1 rings (SSSR count). The van der Waals surface area contributed by atoms with Crippen LogP contribution in [0.4, 0.5) is 18.9 Å². The van der Waals surface area contributed by atoms with Gasteiger partial charge in [0, 0.05) is 16.7 Å².